The molecule has 0 spiro atoms. The minimum Gasteiger partial charge on any atom is -0.493 e. The highest BCUT2D eigenvalue weighted by Gasteiger charge is 2.31. The summed E-state index contributed by atoms with van der Waals surface area (Å²) in [6, 6.07) is 12.8. The molecule has 162 valence electrons. The third-order valence-corrected chi connectivity index (χ3v) is 6.07. The van der Waals surface area contributed by atoms with Crippen LogP contribution in [0.4, 0.5) is 0 Å². The van der Waals surface area contributed by atoms with Crippen molar-refractivity contribution >= 4 is 57.9 Å². The lowest BCUT2D eigenvalue weighted by molar-refractivity contribution is -0.137. The second kappa shape index (κ2) is 10.7. The van der Waals surface area contributed by atoms with Crippen molar-refractivity contribution in [1.82, 2.24) is 4.90 Å². The van der Waals surface area contributed by atoms with E-state index in [1.807, 2.05) is 18.2 Å². The van der Waals surface area contributed by atoms with Crippen LogP contribution in [0.1, 0.15) is 24.0 Å². The first-order chi connectivity index (χ1) is 14.9. The number of hydrogen-bond donors (Lipinski definition) is 1. The number of carboxylic acid groups (broad SMARTS) is 1. The molecule has 0 aliphatic carbocycles. The molecule has 1 fully saturated rings. The maximum Gasteiger partial charge on any atom is 0.303 e. The van der Waals surface area contributed by atoms with Gasteiger partial charge in [0.2, 0.25) is 0 Å². The Balaban J connectivity index is 1.69. The maximum atomic E-state index is 12.6. The summed E-state index contributed by atoms with van der Waals surface area (Å²) in [4.78, 5) is 25.3. The number of methoxy groups -OCH3 is 1. The van der Waals surface area contributed by atoms with Gasteiger partial charge in [0.15, 0.2) is 11.5 Å². The number of hydrogen-bond acceptors (Lipinski definition) is 6. The van der Waals surface area contributed by atoms with E-state index in [0.29, 0.717) is 38.8 Å². The van der Waals surface area contributed by atoms with Crippen molar-refractivity contribution in [3.05, 3.63) is 63.5 Å². The first-order valence-electron chi connectivity index (χ1n) is 9.40. The van der Waals surface area contributed by atoms with E-state index in [9.17, 15) is 9.59 Å². The van der Waals surface area contributed by atoms with Gasteiger partial charge in [-0.15, -0.1) is 0 Å². The largest absolute Gasteiger partial charge is 0.493 e. The number of thiocarbonyl (C=S) groups is 1. The Morgan fingerprint density at radius 2 is 1.97 bits per heavy atom. The lowest BCUT2D eigenvalue weighted by Crippen LogP contribution is -2.29. The molecule has 6 nitrogen and oxygen atoms in total. The van der Waals surface area contributed by atoms with Gasteiger partial charge in [-0.05, 0) is 47.9 Å². The summed E-state index contributed by atoms with van der Waals surface area (Å²) in [5.41, 5.74) is 1.74. The Hall–Kier alpha value is -2.55. The monoisotopic (exact) mass is 477 g/mol. The molecule has 2 aromatic carbocycles. The van der Waals surface area contributed by atoms with Crippen molar-refractivity contribution < 1.29 is 24.2 Å². The highest BCUT2D eigenvalue weighted by atomic mass is 35.5. The summed E-state index contributed by atoms with van der Waals surface area (Å²) in [5, 5.41) is 9.44. The highest BCUT2D eigenvalue weighted by molar-refractivity contribution is 8.26. The molecule has 1 saturated heterocycles. The van der Waals surface area contributed by atoms with E-state index in [0.717, 1.165) is 11.1 Å². The summed E-state index contributed by atoms with van der Waals surface area (Å²) in [6.07, 6.45) is 2.08. The predicted octanol–water partition coefficient (Wildman–Crippen LogP) is 4.99. The number of carboxylic acids is 1. The number of rotatable bonds is 9. The zero-order chi connectivity index (χ0) is 22.4. The molecule has 1 amide bonds. The number of halogens is 1. The molecule has 9 heteroatoms. The van der Waals surface area contributed by atoms with Gasteiger partial charge in [0.25, 0.3) is 5.91 Å². The molecule has 1 N–H and O–H groups in total. The van der Waals surface area contributed by atoms with Crippen LogP contribution in [0.25, 0.3) is 6.08 Å². The number of aliphatic carboxylic acids is 1. The average Bonchev–Trinajstić information content (AvgIpc) is 3.01. The van der Waals surface area contributed by atoms with Gasteiger partial charge in [-0.3, -0.25) is 14.5 Å². The van der Waals surface area contributed by atoms with Crippen LogP contribution in [0.5, 0.6) is 11.5 Å². The molecule has 0 radical (unpaired) electrons. The standard InChI is InChI=1S/C22H20ClNO5S2/c1-28-18-11-15(6-9-17(18)29-13-14-4-7-16(23)8-5-14)12-19-21(27)24(22(30)31-19)10-2-3-20(25)26/h4-9,11-12H,2-3,10,13H2,1H3,(H,25,26). The lowest BCUT2D eigenvalue weighted by Gasteiger charge is -2.13. The molecule has 0 unspecified atom stereocenters. The molecule has 0 bridgehead atoms. The van der Waals surface area contributed by atoms with Gasteiger partial charge in [-0.2, -0.15) is 0 Å². The number of benzene rings is 2. The minimum atomic E-state index is -0.897. The molecule has 31 heavy (non-hydrogen) atoms. The third-order valence-electron chi connectivity index (χ3n) is 4.44. The van der Waals surface area contributed by atoms with Crippen molar-refractivity contribution in [2.45, 2.75) is 19.4 Å². The second-order valence-electron chi connectivity index (χ2n) is 6.66. The van der Waals surface area contributed by atoms with Crippen molar-refractivity contribution in [3.63, 3.8) is 0 Å². The van der Waals surface area contributed by atoms with Gasteiger partial charge < -0.3 is 14.6 Å². The van der Waals surface area contributed by atoms with Crippen LogP contribution >= 0.6 is 35.6 Å². The fourth-order valence-corrected chi connectivity index (χ4v) is 4.30. The van der Waals surface area contributed by atoms with Gasteiger partial charge >= 0.3 is 5.97 Å². The Labute approximate surface area is 194 Å². The van der Waals surface area contributed by atoms with Crippen molar-refractivity contribution in [1.29, 1.82) is 0 Å². The van der Waals surface area contributed by atoms with Crippen LogP contribution in [0.3, 0.4) is 0 Å². The molecular formula is C22H20ClNO5S2. The second-order valence-corrected chi connectivity index (χ2v) is 8.77. The van der Waals surface area contributed by atoms with Crippen LogP contribution in [-0.2, 0) is 16.2 Å². The van der Waals surface area contributed by atoms with E-state index in [2.05, 4.69) is 0 Å². The van der Waals surface area contributed by atoms with Crippen LogP contribution in [-0.4, -0.2) is 39.9 Å². The van der Waals surface area contributed by atoms with Crippen molar-refractivity contribution in [2.75, 3.05) is 13.7 Å². The molecule has 3 rings (SSSR count). The summed E-state index contributed by atoms with van der Waals surface area (Å²) >= 11 is 12.4. The van der Waals surface area contributed by atoms with Gasteiger partial charge in [0, 0.05) is 18.0 Å². The van der Waals surface area contributed by atoms with E-state index < -0.39 is 5.97 Å². The highest BCUT2D eigenvalue weighted by Crippen LogP contribution is 2.35. The number of amides is 1. The Morgan fingerprint density at radius 3 is 2.65 bits per heavy atom. The van der Waals surface area contributed by atoms with Crippen LogP contribution < -0.4 is 9.47 Å². The Bertz CT molecular complexity index is 1020. The molecule has 0 saturated carbocycles. The zero-order valence-corrected chi connectivity index (χ0v) is 19.1. The van der Waals surface area contributed by atoms with Crippen molar-refractivity contribution in [2.24, 2.45) is 0 Å². The Morgan fingerprint density at radius 1 is 1.23 bits per heavy atom. The summed E-state index contributed by atoms with van der Waals surface area (Å²) in [7, 11) is 1.55. The van der Waals surface area contributed by atoms with Gasteiger partial charge in [-0.1, -0.05) is 53.8 Å². The normalized spacial score (nSPS) is 14.9. The maximum absolute atomic E-state index is 12.6. The lowest BCUT2D eigenvalue weighted by atomic mass is 10.1. The van der Waals surface area contributed by atoms with Crippen LogP contribution in [0.2, 0.25) is 5.02 Å². The van der Waals surface area contributed by atoms with E-state index in [-0.39, 0.29) is 18.9 Å². The number of carbonyl (C=O) groups is 2. The molecule has 1 aliphatic heterocycles. The van der Waals surface area contributed by atoms with Gasteiger partial charge in [-0.25, -0.2) is 0 Å². The zero-order valence-electron chi connectivity index (χ0n) is 16.7. The van der Waals surface area contributed by atoms with Gasteiger partial charge in [0.1, 0.15) is 10.9 Å². The van der Waals surface area contributed by atoms with E-state index >= 15 is 0 Å². The molecule has 1 aliphatic rings. The molecular weight excluding hydrogens is 458 g/mol. The third kappa shape index (κ3) is 6.22. The number of thioether (sulfide) groups is 1. The van der Waals surface area contributed by atoms with E-state index in [1.165, 1.54) is 16.7 Å². The Kier molecular flexibility index (Phi) is 7.95. The fraction of sp³-hybridized carbons (Fsp3) is 0.227. The van der Waals surface area contributed by atoms with Crippen LogP contribution in [0, 0.1) is 0 Å². The molecule has 1 heterocycles. The van der Waals surface area contributed by atoms with Crippen LogP contribution in [0.15, 0.2) is 47.4 Å². The molecule has 0 atom stereocenters. The molecule has 0 aromatic heterocycles. The smallest absolute Gasteiger partial charge is 0.303 e. The van der Waals surface area contributed by atoms with E-state index in [4.69, 9.17) is 38.4 Å². The number of nitrogens with zero attached hydrogens (tertiary/aromatic N) is 1. The summed E-state index contributed by atoms with van der Waals surface area (Å²) in [5.74, 6) is 0.00402. The number of ether oxygens (including phenoxy) is 2. The quantitative estimate of drug-likeness (QED) is 0.402. The number of carbonyl (C=O) groups excluding carboxylic acids is 1. The topological polar surface area (TPSA) is 76.1 Å². The molecule has 2 aromatic rings. The summed E-state index contributed by atoms with van der Waals surface area (Å²) in [6.45, 7) is 0.650. The summed E-state index contributed by atoms with van der Waals surface area (Å²) < 4.78 is 11.7. The minimum absolute atomic E-state index is 0.00914. The first-order valence-corrected chi connectivity index (χ1v) is 11.0. The van der Waals surface area contributed by atoms with E-state index in [1.54, 1.807) is 37.5 Å². The van der Waals surface area contributed by atoms with Crippen molar-refractivity contribution in [3.8, 4) is 11.5 Å². The predicted molar refractivity (Wildman–Crippen MR) is 126 cm³/mol. The fourth-order valence-electron chi connectivity index (χ4n) is 2.87. The average molecular weight is 478 g/mol. The van der Waals surface area contributed by atoms with Gasteiger partial charge in [0.05, 0.1) is 12.0 Å². The SMILES string of the molecule is COc1cc(C=C2SC(=S)N(CCCC(=O)O)C2=O)ccc1OCc1ccc(Cl)cc1. The first kappa shape index (κ1) is 23.1.